The van der Waals surface area contributed by atoms with Gasteiger partial charge in [-0.1, -0.05) is 27.7 Å². The third-order valence-electron chi connectivity index (χ3n) is 3.70. The van der Waals surface area contributed by atoms with Crippen LogP contribution in [0.5, 0.6) is 0 Å². The minimum absolute atomic E-state index is 0.204. The van der Waals surface area contributed by atoms with Gasteiger partial charge in [0.25, 0.3) is 0 Å². The molecule has 0 saturated heterocycles. The van der Waals surface area contributed by atoms with E-state index in [4.69, 9.17) is 5.73 Å². The summed E-state index contributed by atoms with van der Waals surface area (Å²) in [5.74, 6) is 2.25. The molecule has 0 bridgehead atoms. The lowest BCUT2D eigenvalue weighted by Gasteiger charge is -2.29. The Kier molecular flexibility index (Phi) is 5.54. The van der Waals surface area contributed by atoms with Crippen LogP contribution in [0.1, 0.15) is 34.6 Å². The largest absolute Gasteiger partial charge is 0.369 e. The first-order valence-corrected chi connectivity index (χ1v) is 6.87. The number of nitrogens with zero attached hydrogens (tertiary/aromatic N) is 2. The summed E-state index contributed by atoms with van der Waals surface area (Å²) >= 11 is 0. The SMILES string of the molecule is CC(CN)Nc1cc(NCC(C)(C)C(C)C)ncn1. The monoisotopic (exact) mass is 265 g/mol. The predicted octanol–water partition coefficient (Wildman–Crippen LogP) is 2.33. The molecule has 1 heterocycles. The third-order valence-corrected chi connectivity index (χ3v) is 3.70. The van der Waals surface area contributed by atoms with Gasteiger partial charge in [-0.15, -0.1) is 0 Å². The molecule has 0 aliphatic carbocycles. The molecular formula is C14H27N5. The van der Waals surface area contributed by atoms with Crippen molar-refractivity contribution in [2.75, 3.05) is 23.7 Å². The lowest BCUT2D eigenvalue weighted by Crippen LogP contribution is -2.29. The molecule has 0 aliphatic rings. The van der Waals surface area contributed by atoms with Crippen molar-refractivity contribution in [3.63, 3.8) is 0 Å². The first-order chi connectivity index (χ1) is 8.85. The van der Waals surface area contributed by atoms with E-state index in [0.29, 0.717) is 12.5 Å². The summed E-state index contributed by atoms with van der Waals surface area (Å²) in [6.07, 6.45) is 1.57. The summed E-state index contributed by atoms with van der Waals surface area (Å²) in [4.78, 5) is 8.43. The van der Waals surface area contributed by atoms with E-state index in [1.165, 1.54) is 0 Å². The van der Waals surface area contributed by atoms with Crippen molar-refractivity contribution in [3.8, 4) is 0 Å². The van der Waals surface area contributed by atoms with Gasteiger partial charge in [0.1, 0.15) is 18.0 Å². The second kappa shape index (κ2) is 6.70. The molecule has 0 radical (unpaired) electrons. The molecular weight excluding hydrogens is 238 g/mol. The fourth-order valence-corrected chi connectivity index (χ4v) is 1.37. The summed E-state index contributed by atoms with van der Waals surface area (Å²) in [7, 11) is 0. The van der Waals surface area contributed by atoms with Crippen molar-refractivity contribution in [1.82, 2.24) is 9.97 Å². The molecule has 19 heavy (non-hydrogen) atoms. The fraction of sp³-hybridized carbons (Fsp3) is 0.714. The Morgan fingerprint density at radius 1 is 1.21 bits per heavy atom. The second-order valence-electron chi connectivity index (χ2n) is 6.07. The van der Waals surface area contributed by atoms with Crippen LogP contribution in [0.25, 0.3) is 0 Å². The van der Waals surface area contributed by atoms with Crippen molar-refractivity contribution in [2.45, 2.75) is 40.7 Å². The lowest BCUT2D eigenvalue weighted by atomic mass is 9.81. The van der Waals surface area contributed by atoms with Gasteiger partial charge in [0.2, 0.25) is 0 Å². The van der Waals surface area contributed by atoms with Gasteiger partial charge in [0, 0.05) is 25.2 Å². The zero-order valence-corrected chi connectivity index (χ0v) is 12.7. The molecule has 1 aromatic rings. The predicted molar refractivity (Wildman–Crippen MR) is 81.3 cm³/mol. The van der Waals surface area contributed by atoms with Gasteiger partial charge in [-0.25, -0.2) is 9.97 Å². The topological polar surface area (TPSA) is 75.9 Å². The molecule has 0 saturated carbocycles. The van der Waals surface area contributed by atoms with E-state index >= 15 is 0 Å². The molecule has 4 N–H and O–H groups in total. The van der Waals surface area contributed by atoms with Gasteiger partial charge in [-0.05, 0) is 18.3 Å². The highest BCUT2D eigenvalue weighted by Gasteiger charge is 2.22. The maximum atomic E-state index is 5.59. The number of aromatic nitrogens is 2. The quantitative estimate of drug-likeness (QED) is 0.705. The van der Waals surface area contributed by atoms with Crippen molar-refractivity contribution in [1.29, 1.82) is 0 Å². The van der Waals surface area contributed by atoms with E-state index in [1.54, 1.807) is 6.33 Å². The number of nitrogens with one attached hydrogen (secondary N) is 2. The average molecular weight is 265 g/mol. The van der Waals surface area contributed by atoms with E-state index in [2.05, 4.69) is 48.3 Å². The molecule has 0 aromatic carbocycles. The second-order valence-corrected chi connectivity index (χ2v) is 6.07. The van der Waals surface area contributed by atoms with Crippen LogP contribution in [-0.2, 0) is 0 Å². The molecule has 1 rings (SSSR count). The van der Waals surface area contributed by atoms with Crippen LogP contribution in [-0.4, -0.2) is 29.1 Å². The van der Waals surface area contributed by atoms with Crippen LogP contribution in [0.3, 0.4) is 0 Å². The highest BCUT2D eigenvalue weighted by molar-refractivity contribution is 5.47. The van der Waals surface area contributed by atoms with Gasteiger partial charge in [-0.2, -0.15) is 0 Å². The number of nitrogens with two attached hydrogens (primary N) is 1. The van der Waals surface area contributed by atoms with Gasteiger partial charge >= 0.3 is 0 Å². The summed E-state index contributed by atoms with van der Waals surface area (Å²) in [6, 6.07) is 2.12. The molecule has 0 spiro atoms. The van der Waals surface area contributed by atoms with Gasteiger partial charge in [-0.3, -0.25) is 0 Å². The Hall–Kier alpha value is -1.36. The maximum Gasteiger partial charge on any atom is 0.131 e. The lowest BCUT2D eigenvalue weighted by molar-refractivity contribution is 0.269. The molecule has 5 nitrogen and oxygen atoms in total. The summed E-state index contributed by atoms with van der Waals surface area (Å²) in [5.41, 5.74) is 5.81. The van der Waals surface area contributed by atoms with Crippen LogP contribution in [0.4, 0.5) is 11.6 Å². The maximum absolute atomic E-state index is 5.59. The molecule has 0 fully saturated rings. The molecule has 0 amide bonds. The van der Waals surface area contributed by atoms with Crippen LogP contribution in [0, 0.1) is 11.3 Å². The van der Waals surface area contributed by atoms with Gasteiger partial charge in [0.15, 0.2) is 0 Å². The van der Waals surface area contributed by atoms with Crippen molar-refractivity contribution >= 4 is 11.6 Å². The van der Waals surface area contributed by atoms with Crippen LogP contribution >= 0.6 is 0 Å². The Labute approximate surface area is 116 Å². The van der Waals surface area contributed by atoms with Crippen LogP contribution in [0.15, 0.2) is 12.4 Å². The van der Waals surface area contributed by atoms with Crippen molar-refractivity contribution in [2.24, 2.45) is 17.1 Å². The van der Waals surface area contributed by atoms with E-state index in [-0.39, 0.29) is 11.5 Å². The molecule has 108 valence electrons. The number of hydrogen-bond acceptors (Lipinski definition) is 5. The van der Waals surface area contributed by atoms with E-state index in [0.717, 1.165) is 18.2 Å². The van der Waals surface area contributed by atoms with E-state index < -0.39 is 0 Å². The normalized spacial score (nSPS) is 13.4. The molecule has 1 atom stereocenters. The third kappa shape index (κ3) is 5.03. The zero-order chi connectivity index (χ0) is 14.5. The molecule has 1 unspecified atom stereocenters. The number of anilines is 2. The Morgan fingerprint density at radius 2 is 1.84 bits per heavy atom. The summed E-state index contributed by atoms with van der Waals surface area (Å²) < 4.78 is 0. The first kappa shape index (κ1) is 15.7. The summed E-state index contributed by atoms with van der Waals surface area (Å²) in [6.45, 7) is 12.5. The highest BCUT2D eigenvalue weighted by atomic mass is 15.1. The highest BCUT2D eigenvalue weighted by Crippen LogP contribution is 2.26. The molecule has 1 aromatic heterocycles. The van der Waals surface area contributed by atoms with Gasteiger partial charge in [0.05, 0.1) is 0 Å². The van der Waals surface area contributed by atoms with E-state index in [1.807, 2.05) is 13.0 Å². The van der Waals surface area contributed by atoms with Crippen LogP contribution in [0.2, 0.25) is 0 Å². The standard InChI is InChI=1S/C14H27N5/c1-10(2)14(4,5)8-16-12-6-13(18-9-17-12)19-11(3)7-15/h6,9-11H,7-8,15H2,1-5H3,(H2,16,17,18,19). The Bertz CT molecular complexity index is 389. The molecule has 0 aliphatic heterocycles. The fourth-order valence-electron chi connectivity index (χ4n) is 1.37. The smallest absolute Gasteiger partial charge is 0.131 e. The minimum Gasteiger partial charge on any atom is -0.369 e. The van der Waals surface area contributed by atoms with Crippen molar-refractivity contribution < 1.29 is 0 Å². The Morgan fingerprint density at radius 3 is 2.42 bits per heavy atom. The van der Waals surface area contributed by atoms with Gasteiger partial charge < -0.3 is 16.4 Å². The first-order valence-electron chi connectivity index (χ1n) is 6.87. The van der Waals surface area contributed by atoms with Crippen LogP contribution < -0.4 is 16.4 Å². The summed E-state index contributed by atoms with van der Waals surface area (Å²) in [5, 5.41) is 6.61. The zero-order valence-electron chi connectivity index (χ0n) is 12.7. The van der Waals surface area contributed by atoms with E-state index in [9.17, 15) is 0 Å². The number of rotatable bonds is 7. The minimum atomic E-state index is 0.204. The average Bonchev–Trinajstić information content (AvgIpc) is 2.36. The Balaban J connectivity index is 2.62. The molecule has 5 heteroatoms. The van der Waals surface area contributed by atoms with Crippen molar-refractivity contribution in [3.05, 3.63) is 12.4 Å². The number of hydrogen-bond donors (Lipinski definition) is 3.